The van der Waals surface area contributed by atoms with Crippen LogP contribution in [-0.2, 0) is 17.8 Å². The summed E-state index contributed by atoms with van der Waals surface area (Å²) in [7, 11) is 1.70. The minimum Gasteiger partial charge on any atom is -0.484 e. The van der Waals surface area contributed by atoms with E-state index in [0.717, 1.165) is 12.0 Å². The summed E-state index contributed by atoms with van der Waals surface area (Å²) in [5.41, 5.74) is 2.23. The summed E-state index contributed by atoms with van der Waals surface area (Å²) in [5.74, 6) is 0.110. The molecule has 6 heteroatoms. The van der Waals surface area contributed by atoms with Crippen molar-refractivity contribution >= 4 is 11.6 Å². The first-order chi connectivity index (χ1) is 11.5. The number of aryl methyl sites for hydroxylation is 1. The van der Waals surface area contributed by atoms with Gasteiger partial charge in [0.1, 0.15) is 5.75 Å². The predicted octanol–water partition coefficient (Wildman–Crippen LogP) is 3.19. The molecule has 0 radical (unpaired) electrons. The lowest BCUT2D eigenvalue weighted by Gasteiger charge is -2.17. The first kappa shape index (κ1) is 17.5. The Labute approximate surface area is 140 Å². The Morgan fingerprint density at radius 2 is 1.83 bits per heavy atom. The number of rotatable bonds is 7. The van der Waals surface area contributed by atoms with Crippen molar-refractivity contribution in [2.75, 3.05) is 13.7 Å². The normalized spacial score (nSPS) is 10.2. The molecule has 24 heavy (non-hydrogen) atoms. The molecule has 0 aliphatic carbocycles. The van der Waals surface area contributed by atoms with Gasteiger partial charge >= 0.3 is 0 Å². The van der Waals surface area contributed by atoms with Crippen molar-refractivity contribution in [1.82, 2.24) is 4.90 Å². The smallest absolute Gasteiger partial charge is 0.273 e. The van der Waals surface area contributed by atoms with Crippen LogP contribution < -0.4 is 4.74 Å². The summed E-state index contributed by atoms with van der Waals surface area (Å²) in [6.07, 6.45) is 0.978. The average Bonchev–Trinajstić information content (AvgIpc) is 2.60. The third kappa shape index (κ3) is 4.81. The fourth-order valence-corrected chi connectivity index (χ4v) is 2.18. The van der Waals surface area contributed by atoms with E-state index in [4.69, 9.17) is 4.74 Å². The van der Waals surface area contributed by atoms with Crippen molar-refractivity contribution in [3.8, 4) is 5.75 Å². The number of amides is 1. The molecule has 0 fully saturated rings. The van der Waals surface area contributed by atoms with E-state index in [0.29, 0.717) is 12.3 Å². The van der Waals surface area contributed by atoms with Crippen LogP contribution in [0.1, 0.15) is 18.1 Å². The third-order valence-corrected chi connectivity index (χ3v) is 3.67. The summed E-state index contributed by atoms with van der Waals surface area (Å²) in [6, 6.07) is 13.9. The molecule has 0 bridgehead atoms. The summed E-state index contributed by atoms with van der Waals surface area (Å²) in [5, 5.41) is 10.7. The molecule has 0 aromatic heterocycles. The van der Waals surface area contributed by atoms with Crippen molar-refractivity contribution in [2.45, 2.75) is 19.9 Å². The summed E-state index contributed by atoms with van der Waals surface area (Å²) < 4.78 is 5.36. The monoisotopic (exact) mass is 328 g/mol. The zero-order valence-corrected chi connectivity index (χ0v) is 13.8. The van der Waals surface area contributed by atoms with E-state index < -0.39 is 4.92 Å². The van der Waals surface area contributed by atoms with Crippen LogP contribution in [0.3, 0.4) is 0 Å². The van der Waals surface area contributed by atoms with Gasteiger partial charge in [0.25, 0.3) is 11.6 Å². The van der Waals surface area contributed by atoms with Gasteiger partial charge in [-0.05, 0) is 23.6 Å². The second-order valence-corrected chi connectivity index (χ2v) is 5.46. The van der Waals surface area contributed by atoms with Crippen LogP contribution in [0, 0.1) is 10.1 Å². The molecule has 6 nitrogen and oxygen atoms in total. The molecule has 0 heterocycles. The number of hydrogen-bond acceptors (Lipinski definition) is 4. The minimum absolute atomic E-state index is 0.0654. The first-order valence-electron chi connectivity index (χ1n) is 7.68. The summed E-state index contributed by atoms with van der Waals surface area (Å²) in [6.45, 7) is 2.42. The van der Waals surface area contributed by atoms with E-state index in [2.05, 4.69) is 6.92 Å². The van der Waals surface area contributed by atoms with E-state index in [9.17, 15) is 14.9 Å². The molecular formula is C18H20N2O4. The Bertz CT molecular complexity index is 713. The summed E-state index contributed by atoms with van der Waals surface area (Å²) >= 11 is 0. The molecule has 0 saturated heterocycles. The van der Waals surface area contributed by atoms with Gasteiger partial charge in [0.15, 0.2) is 6.61 Å². The highest BCUT2D eigenvalue weighted by Crippen LogP contribution is 2.19. The van der Waals surface area contributed by atoms with E-state index in [1.807, 2.05) is 24.3 Å². The largest absolute Gasteiger partial charge is 0.484 e. The zero-order chi connectivity index (χ0) is 17.5. The highest BCUT2D eigenvalue weighted by molar-refractivity contribution is 5.77. The molecule has 0 atom stereocenters. The molecule has 0 spiro atoms. The van der Waals surface area contributed by atoms with Crippen LogP contribution in [0.4, 0.5) is 5.69 Å². The minimum atomic E-state index is -0.499. The standard InChI is InChI=1S/C18H20N2O4/c1-3-14-7-9-15(10-8-14)12-19(2)18(21)13-24-17-6-4-5-16(11-17)20(22)23/h4-11H,3,12-13H2,1-2H3. The lowest BCUT2D eigenvalue weighted by atomic mass is 10.1. The fraction of sp³-hybridized carbons (Fsp3) is 0.278. The number of nitrogens with zero attached hydrogens (tertiary/aromatic N) is 2. The Morgan fingerprint density at radius 3 is 2.46 bits per heavy atom. The molecule has 2 aromatic carbocycles. The van der Waals surface area contributed by atoms with E-state index >= 15 is 0 Å². The third-order valence-electron chi connectivity index (χ3n) is 3.67. The number of nitro benzene ring substituents is 1. The van der Waals surface area contributed by atoms with Crippen molar-refractivity contribution in [2.24, 2.45) is 0 Å². The molecule has 1 amide bonds. The molecule has 0 N–H and O–H groups in total. The quantitative estimate of drug-likeness (QED) is 0.578. The lowest BCUT2D eigenvalue weighted by Crippen LogP contribution is -2.30. The van der Waals surface area contributed by atoms with E-state index in [-0.39, 0.29) is 18.2 Å². The molecule has 0 saturated carbocycles. The Kier molecular flexibility index (Phi) is 5.89. The van der Waals surface area contributed by atoms with Crippen molar-refractivity contribution in [3.05, 3.63) is 69.8 Å². The maximum absolute atomic E-state index is 12.1. The number of likely N-dealkylation sites (N-methyl/N-ethyl adjacent to an activating group) is 1. The fourth-order valence-electron chi connectivity index (χ4n) is 2.18. The number of nitro groups is 1. The van der Waals surface area contributed by atoms with Gasteiger partial charge < -0.3 is 9.64 Å². The number of carbonyl (C=O) groups excluding carboxylic acids is 1. The molecule has 0 aliphatic rings. The average molecular weight is 328 g/mol. The zero-order valence-electron chi connectivity index (χ0n) is 13.8. The number of carbonyl (C=O) groups is 1. The van der Waals surface area contributed by atoms with Gasteiger partial charge in [0, 0.05) is 19.7 Å². The molecule has 2 aromatic rings. The van der Waals surface area contributed by atoms with Crippen LogP contribution in [0.2, 0.25) is 0 Å². The summed E-state index contributed by atoms with van der Waals surface area (Å²) in [4.78, 5) is 23.9. The van der Waals surface area contributed by atoms with E-state index in [1.54, 1.807) is 18.0 Å². The molecule has 0 aliphatic heterocycles. The molecule has 0 unspecified atom stereocenters. The highest BCUT2D eigenvalue weighted by Gasteiger charge is 2.12. The van der Waals surface area contributed by atoms with Crippen LogP contribution in [0.25, 0.3) is 0 Å². The van der Waals surface area contributed by atoms with Crippen molar-refractivity contribution in [1.29, 1.82) is 0 Å². The second kappa shape index (κ2) is 8.10. The molecule has 126 valence electrons. The maximum atomic E-state index is 12.1. The molecule has 2 rings (SSSR count). The highest BCUT2D eigenvalue weighted by atomic mass is 16.6. The second-order valence-electron chi connectivity index (χ2n) is 5.46. The van der Waals surface area contributed by atoms with Gasteiger partial charge in [-0.2, -0.15) is 0 Å². The first-order valence-corrected chi connectivity index (χ1v) is 7.68. The van der Waals surface area contributed by atoms with Gasteiger partial charge in [-0.1, -0.05) is 37.3 Å². The van der Waals surface area contributed by atoms with Gasteiger partial charge in [0.2, 0.25) is 0 Å². The van der Waals surface area contributed by atoms with Gasteiger partial charge in [-0.15, -0.1) is 0 Å². The van der Waals surface area contributed by atoms with Crippen LogP contribution in [-0.4, -0.2) is 29.4 Å². The Hall–Kier alpha value is -2.89. The molecular weight excluding hydrogens is 308 g/mol. The lowest BCUT2D eigenvalue weighted by molar-refractivity contribution is -0.384. The van der Waals surface area contributed by atoms with Crippen LogP contribution in [0.5, 0.6) is 5.75 Å². The van der Waals surface area contributed by atoms with Crippen molar-refractivity contribution in [3.63, 3.8) is 0 Å². The van der Waals surface area contributed by atoms with Crippen LogP contribution >= 0.6 is 0 Å². The number of non-ortho nitro benzene ring substituents is 1. The number of benzene rings is 2. The van der Waals surface area contributed by atoms with E-state index in [1.165, 1.54) is 23.8 Å². The van der Waals surface area contributed by atoms with Crippen molar-refractivity contribution < 1.29 is 14.5 Å². The maximum Gasteiger partial charge on any atom is 0.273 e. The topological polar surface area (TPSA) is 72.7 Å². The number of ether oxygens (including phenoxy) is 1. The Balaban J connectivity index is 1.89. The van der Waals surface area contributed by atoms with Crippen LogP contribution in [0.15, 0.2) is 48.5 Å². The predicted molar refractivity (Wildman–Crippen MR) is 90.9 cm³/mol. The van der Waals surface area contributed by atoms with Gasteiger partial charge in [-0.3, -0.25) is 14.9 Å². The van der Waals surface area contributed by atoms with Gasteiger partial charge in [0.05, 0.1) is 11.0 Å². The van der Waals surface area contributed by atoms with Gasteiger partial charge in [-0.25, -0.2) is 0 Å². The SMILES string of the molecule is CCc1ccc(CN(C)C(=O)COc2cccc([N+](=O)[O-])c2)cc1. The number of hydrogen-bond donors (Lipinski definition) is 0. The Morgan fingerprint density at radius 1 is 1.17 bits per heavy atom.